The Kier molecular flexibility index (Phi) is 4.56. The predicted molar refractivity (Wildman–Crippen MR) is 95.8 cm³/mol. The van der Waals surface area contributed by atoms with E-state index in [9.17, 15) is 0 Å². The summed E-state index contributed by atoms with van der Waals surface area (Å²) in [7, 11) is 0. The maximum Gasteiger partial charge on any atom is 0.159 e. The van der Waals surface area contributed by atoms with E-state index in [0.717, 1.165) is 18.6 Å². The van der Waals surface area contributed by atoms with Gasteiger partial charge in [-0.15, -0.1) is 0 Å². The minimum atomic E-state index is 0.664. The lowest BCUT2D eigenvalue weighted by atomic mass is 9.95. The molecule has 0 radical (unpaired) electrons. The first-order valence-corrected chi connectivity index (χ1v) is 8.95. The number of fused-ring (bicyclic) bond motifs is 1. The summed E-state index contributed by atoms with van der Waals surface area (Å²) in [6.45, 7) is 2.14. The van der Waals surface area contributed by atoms with E-state index in [-0.39, 0.29) is 0 Å². The minimum Gasteiger partial charge on any atom is -0.296 e. The quantitative estimate of drug-likeness (QED) is 0.718. The highest BCUT2D eigenvalue weighted by atomic mass is 15.2. The third-order valence-corrected chi connectivity index (χ3v) is 5.08. The van der Waals surface area contributed by atoms with Crippen LogP contribution in [0, 0.1) is 0 Å². The summed E-state index contributed by atoms with van der Waals surface area (Å²) in [5.41, 5.74) is 3.67. The van der Waals surface area contributed by atoms with E-state index in [2.05, 4.69) is 45.3 Å². The van der Waals surface area contributed by atoms with E-state index in [1.54, 1.807) is 0 Å². The standard InChI is InChI=1S/C20H24N4/c1-2-7-17(8-3-1)10-11-19-9-4-5-13-23(19)16-18-15-22-24-14-6-12-21-20(18)24/h1-3,6-8,12,14-15,19H,4-5,9-11,13,16H2. The molecule has 1 aliphatic heterocycles. The van der Waals surface area contributed by atoms with Crippen LogP contribution in [0.5, 0.6) is 0 Å². The Hall–Kier alpha value is -2.20. The zero-order valence-electron chi connectivity index (χ0n) is 14.0. The second-order valence-corrected chi connectivity index (χ2v) is 6.70. The smallest absolute Gasteiger partial charge is 0.159 e. The van der Waals surface area contributed by atoms with Gasteiger partial charge in [0, 0.05) is 30.5 Å². The number of aryl methyl sites for hydroxylation is 1. The van der Waals surface area contributed by atoms with Crippen LogP contribution in [0.2, 0.25) is 0 Å². The van der Waals surface area contributed by atoms with Gasteiger partial charge in [-0.2, -0.15) is 5.10 Å². The molecule has 1 aromatic carbocycles. The van der Waals surface area contributed by atoms with Gasteiger partial charge in [0.15, 0.2) is 5.65 Å². The summed E-state index contributed by atoms with van der Waals surface area (Å²) in [5, 5.41) is 4.43. The van der Waals surface area contributed by atoms with Crippen molar-refractivity contribution in [2.24, 2.45) is 0 Å². The molecule has 0 aliphatic carbocycles. The maximum atomic E-state index is 4.50. The van der Waals surface area contributed by atoms with Gasteiger partial charge < -0.3 is 0 Å². The zero-order chi connectivity index (χ0) is 16.2. The molecule has 124 valence electrons. The highest BCUT2D eigenvalue weighted by Gasteiger charge is 2.23. The van der Waals surface area contributed by atoms with Gasteiger partial charge in [0.25, 0.3) is 0 Å². The van der Waals surface area contributed by atoms with Crippen LogP contribution in [0.15, 0.2) is 55.0 Å². The van der Waals surface area contributed by atoms with E-state index < -0.39 is 0 Å². The van der Waals surface area contributed by atoms with E-state index in [0.29, 0.717) is 6.04 Å². The minimum absolute atomic E-state index is 0.664. The average molecular weight is 320 g/mol. The number of benzene rings is 1. The summed E-state index contributed by atoms with van der Waals surface area (Å²) in [5.74, 6) is 0. The fourth-order valence-electron chi connectivity index (χ4n) is 3.78. The molecule has 0 saturated carbocycles. The molecule has 3 aromatic rings. The van der Waals surface area contributed by atoms with Crippen LogP contribution >= 0.6 is 0 Å². The Labute approximate surface area is 143 Å². The largest absolute Gasteiger partial charge is 0.296 e. The molecule has 4 nitrogen and oxygen atoms in total. The van der Waals surface area contributed by atoms with Crippen LogP contribution in [0.25, 0.3) is 5.65 Å². The van der Waals surface area contributed by atoms with Gasteiger partial charge in [0.1, 0.15) is 0 Å². The van der Waals surface area contributed by atoms with E-state index in [1.165, 1.54) is 43.4 Å². The molecule has 0 bridgehead atoms. The molecule has 1 fully saturated rings. The van der Waals surface area contributed by atoms with Crippen LogP contribution in [-0.2, 0) is 13.0 Å². The number of likely N-dealkylation sites (tertiary alicyclic amines) is 1. The summed E-state index contributed by atoms with van der Waals surface area (Å²) in [6, 6.07) is 13.4. The lowest BCUT2D eigenvalue weighted by Gasteiger charge is -2.35. The van der Waals surface area contributed by atoms with Crippen LogP contribution in [0.1, 0.15) is 36.8 Å². The lowest BCUT2D eigenvalue weighted by molar-refractivity contribution is 0.133. The van der Waals surface area contributed by atoms with Crippen molar-refractivity contribution in [3.05, 3.63) is 66.1 Å². The topological polar surface area (TPSA) is 33.4 Å². The van der Waals surface area contributed by atoms with Gasteiger partial charge in [-0.1, -0.05) is 36.8 Å². The van der Waals surface area contributed by atoms with Crippen LogP contribution in [0.3, 0.4) is 0 Å². The second kappa shape index (κ2) is 7.14. The molecule has 3 heterocycles. The van der Waals surface area contributed by atoms with Crippen LogP contribution < -0.4 is 0 Å². The highest BCUT2D eigenvalue weighted by Crippen LogP contribution is 2.24. The maximum absolute atomic E-state index is 4.50. The van der Waals surface area contributed by atoms with Gasteiger partial charge in [-0.3, -0.25) is 4.90 Å². The Morgan fingerprint density at radius 2 is 2.00 bits per heavy atom. The Morgan fingerprint density at radius 1 is 1.08 bits per heavy atom. The molecule has 2 aromatic heterocycles. The first kappa shape index (κ1) is 15.3. The summed E-state index contributed by atoms with van der Waals surface area (Å²) in [4.78, 5) is 7.14. The van der Waals surface area contributed by atoms with Crippen molar-refractivity contribution in [3.63, 3.8) is 0 Å². The fourth-order valence-corrected chi connectivity index (χ4v) is 3.78. The molecule has 1 aliphatic rings. The molecule has 4 heteroatoms. The van der Waals surface area contributed by atoms with Crippen molar-refractivity contribution >= 4 is 5.65 Å². The molecule has 1 saturated heterocycles. The molecule has 1 unspecified atom stereocenters. The molecular weight excluding hydrogens is 296 g/mol. The number of piperidine rings is 1. The molecule has 0 amide bonds. The number of hydrogen-bond donors (Lipinski definition) is 0. The number of hydrogen-bond acceptors (Lipinski definition) is 3. The summed E-state index contributed by atoms with van der Waals surface area (Å²) < 4.78 is 1.87. The molecule has 1 atom stereocenters. The number of rotatable bonds is 5. The predicted octanol–water partition coefficient (Wildman–Crippen LogP) is 3.72. The van der Waals surface area contributed by atoms with Crippen LogP contribution in [-0.4, -0.2) is 32.1 Å². The van der Waals surface area contributed by atoms with E-state index in [4.69, 9.17) is 0 Å². The lowest BCUT2D eigenvalue weighted by Crippen LogP contribution is -2.39. The van der Waals surface area contributed by atoms with Gasteiger partial charge in [0.05, 0.1) is 6.20 Å². The van der Waals surface area contributed by atoms with Crippen molar-refractivity contribution in [1.82, 2.24) is 19.5 Å². The van der Waals surface area contributed by atoms with Crippen molar-refractivity contribution < 1.29 is 0 Å². The van der Waals surface area contributed by atoms with Crippen molar-refractivity contribution in [2.75, 3.05) is 6.54 Å². The van der Waals surface area contributed by atoms with Gasteiger partial charge in [-0.05, 0) is 43.9 Å². The summed E-state index contributed by atoms with van der Waals surface area (Å²) in [6.07, 6.45) is 12.1. The van der Waals surface area contributed by atoms with Crippen molar-refractivity contribution in [1.29, 1.82) is 0 Å². The molecular formula is C20H24N4. The number of nitrogens with zero attached hydrogens (tertiary/aromatic N) is 4. The van der Waals surface area contributed by atoms with Gasteiger partial charge in [0.2, 0.25) is 0 Å². The SMILES string of the molecule is c1ccc(CCC2CCCCN2Cc2cnn3cccnc23)cc1. The summed E-state index contributed by atoms with van der Waals surface area (Å²) >= 11 is 0. The Balaban J connectivity index is 1.46. The molecule has 0 N–H and O–H groups in total. The van der Waals surface area contributed by atoms with Gasteiger partial charge >= 0.3 is 0 Å². The number of aromatic nitrogens is 3. The molecule has 24 heavy (non-hydrogen) atoms. The third-order valence-electron chi connectivity index (χ3n) is 5.08. The Bertz CT molecular complexity index is 780. The Morgan fingerprint density at radius 3 is 2.92 bits per heavy atom. The fraction of sp³-hybridized carbons (Fsp3) is 0.400. The first-order chi connectivity index (χ1) is 11.9. The third kappa shape index (κ3) is 3.34. The monoisotopic (exact) mass is 320 g/mol. The van der Waals surface area contributed by atoms with Crippen molar-refractivity contribution in [2.45, 2.75) is 44.7 Å². The second-order valence-electron chi connectivity index (χ2n) is 6.70. The molecule has 0 spiro atoms. The highest BCUT2D eigenvalue weighted by molar-refractivity contribution is 5.45. The zero-order valence-corrected chi connectivity index (χ0v) is 14.0. The normalized spacial score (nSPS) is 18.9. The van der Waals surface area contributed by atoms with E-state index in [1.807, 2.05) is 29.2 Å². The van der Waals surface area contributed by atoms with Crippen molar-refractivity contribution in [3.8, 4) is 0 Å². The first-order valence-electron chi connectivity index (χ1n) is 8.95. The molecule has 4 rings (SSSR count). The van der Waals surface area contributed by atoms with E-state index >= 15 is 0 Å². The van der Waals surface area contributed by atoms with Gasteiger partial charge in [-0.25, -0.2) is 9.50 Å². The average Bonchev–Trinajstić information content (AvgIpc) is 3.05. The van der Waals surface area contributed by atoms with Crippen LogP contribution in [0.4, 0.5) is 0 Å².